The summed E-state index contributed by atoms with van der Waals surface area (Å²) in [5.74, 6) is 0.237. The molecule has 1 aliphatic heterocycles. The smallest absolute Gasteiger partial charge is 0.412 e. The highest BCUT2D eigenvalue weighted by molar-refractivity contribution is 5.94. The zero-order valence-corrected chi connectivity index (χ0v) is 19.2. The van der Waals surface area contributed by atoms with Crippen LogP contribution in [0.2, 0.25) is 0 Å². The third-order valence-electron chi connectivity index (χ3n) is 5.75. The van der Waals surface area contributed by atoms with E-state index in [1.807, 2.05) is 0 Å². The van der Waals surface area contributed by atoms with Gasteiger partial charge in [0.25, 0.3) is 0 Å². The van der Waals surface area contributed by atoms with Gasteiger partial charge in [0.2, 0.25) is 0 Å². The lowest BCUT2D eigenvalue weighted by atomic mass is 9.96. The van der Waals surface area contributed by atoms with Crippen molar-refractivity contribution < 1.29 is 32.2 Å². The van der Waals surface area contributed by atoms with Gasteiger partial charge < -0.3 is 14.2 Å². The molecule has 1 aromatic carbocycles. The quantitative estimate of drug-likeness (QED) is 0.432. The molecule has 0 atom stereocenters. The monoisotopic (exact) mass is 468 g/mol. The topological polar surface area (TPSA) is 70.0 Å². The molecule has 0 saturated carbocycles. The van der Waals surface area contributed by atoms with Crippen molar-refractivity contribution in [3.8, 4) is 22.8 Å². The van der Waals surface area contributed by atoms with Crippen molar-refractivity contribution in [2.45, 2.75) is 45.5 Å². The first-order valence-corrected chi connectivity index (χ1v) is 10.4. The molecule has 1 aromatic heterocycles. The second kappa shape index (κ2) is 9.09. The van der Waals surface area contributed by atoms with Crippen molar-refractivity contribution >= 4 is 5.78 Å². The summed E-state index contributed by atoms with van der Waals surface area (Å²) in [6, 6.07) is 4.46. The Labute approximate surface area is 189 Å². The molecule has 0 saturated heterocycles. The Morgan fingerprint density at radius 1 is 1.09 bits per heavy atom. The Kier molecular flexibility index (Phi) is 6.78. The summed E-state index contributed by atoms with van der Waals surface area (Å²) in [6.45, 7) is 4.01. The second-order valence-electron chi connectivity index (χ2n) is 8.31. The third kappa shape index (κ3) is 4.57. The van der Waals surface area contributed by atoms with Crippen LogP contribution in [-0.2, 0) is 11.3 Å². The van der Waals surface area contributed by atoms with Gasteiger partial charge in [-0.3, -0.25) is 19.3 Å². The molecule has 2 aromatic rings. The van der Waals surface area contributed by atoms with E-state index < -0.39 is 22.9 Å². The first-order valence-electron chi connectivity index (χ1n) is 10.4. The van der Waals surface area contributed by atoms with Crippen molar-refractivity contribution in [3.63, 3.8) is 0 Å². The lowest BCUT2D eigenvalue weighted by Crippen LogP contribution is -2.60. The van der Waals surface area contributed by atoms with E-state index in [1.165, 1.54) is 31.0 Å². The van der Waals surface area contributed by atoms with Gasteiger partial charge in [0, 0.05) is 38.0 Å². The molecule has 0 N–H and O–H groups in total. The van der Waals surface area contributed by atoms with Gasteiger partial charge in [-0.15, -0.1) is 0 Å². The fourth-order valence-corrected chi connectivity index (χ4v) is 3.67. The standard InChI is InChI=1S/C23H27F3N2O5/c1-14(29)17-13-27-18(11-19(17)30)16-10-20(32-5)21(33-8-6-7-31-4)9-15(16)12-28(27)22(2,3)23(24,25)26/h9-11,13H,6-8,12H2,1-5H3. The minimum atomic E-state index is -4.59. The molecule has 0 unspecified atom stereocenters. The van der Waals surface area contributed by atoms with Crippen LogP contribution in [-0.4, -0.2) is 49.6 Å². The molecular formula is C23H27F3N2O5. The summed E-state index contributed by atoms with van der Waals surface area (Å²) in [4.78, 5) is 24.5. The molecule has 3 rings (SSSR count). The Morgan fingerprint density at radius 2 is 1.79 bits per heavy atom. The van der Waals surface area contributed by atoms with Crippen molar-refractivity contribution in [1.82, 2.24) is 4.68 Å². The number of hydrogen-bond acceptors (Lipinski definition) is 6. The van der Waals surface area contributed by atoms with Crippen molar-refractivity contribution in [1.29, 1.82) is 0 Å². The van der Waals surface area contributed by atoms with Gasteiger partial charge in [-0.05, 0) is 38.5 Å². The predicted molar refractivity (Wildman–Crippen MR) is 117 cm³/mol. The van der Waals surface area contributed by atoms with Gasteiger partial charge in [0.05, 0.1) is 31.5 Å². The predicted octanol–water partition coefficient (Wildman–Crippen LogP) is 3.93. The molecule has 0 bridgehead atoms. The van der Waals surface area contributed by atoms with Crippen LogP contribution in [0.15, 0.2) is 29.2 Å². The molecule has 180 valence electrons. The summed E-state index contributed by atoms with van der Waals surface area (Å²) in [5.41, 5.74) is -1.77. The van der Waals surface area contributed by atoms with Crippen LogP contribution in [0.3, 0.4) is 0 Å². The van der Waals surface area contributed by atoms with Crippen molar-refractivity contribution in [2.24, 2.45) is 0 Å². The van der Waals surface area contributed by atoms with Crippen LogP contribution in [0.25, 0.3) is 11.3 Å². The van der Waals surface area contributed by atoms with E-state index in [9.17, 15) is 22.8 Å². The maximum absolute atomic E-state index is 14.0. The second-order valence-corrected chi connectivity index (χ2v) is 8.31. The minimum absolute atomic E-state index is 0.131. The first-order chi connectivity index (χ1) is 15.4. The third-order valence-corrected chi connectivity index (χ3v) is 5.75. The molecule has 7 nitrogen and oxygen atoms in total. The number of fused-ring (bicyclic) bond motifs is 3. The number of halogens is 3. The fraction of sp³-hybridized carbons (Fsp3) is 0.478. The number of ether oxygens (including phenoxy) is 3. The summed E-state index contributed by atoms with van der Waals surface area (Å²) in [6.07, 6.45) is -2.79. The van der Waals surface area contributed by atoms with Crippen molar-refractivity contribution in [3.05, 3.63) is 45.7 Å². The van der Waals surface area contributed by atoms with E-state index in [0.717, 1.165) is 18.9 Å². The lowest BCUT2D eigenvalue weighted by Gasteiger charge is -2.46. The Hall–Kier alpha value is -3.01. The lowest BCUT2D eigenvalue weighted by molar-refractivity contribution is -0.182. The van der Waals surface area contributed by atoms with Crippen LogP contribution in [0.5, 0.6) is 11.5 Å². The van der Waals surface area contributed by atoms with E-state index in [4.69, 9.17) is 14.2 Å². The van der Waals surface area contributed by atoms with Crippen LogP contribution in [0, 0.1) is 0 Å². The SMILES string of the molecule is COCCCOc1cc2c(cc1OC)-c1cc(=O)c(C(C)=O)cn1N(C(C)(C)C(F)(F)F)C2. The fourth-order valence-electron chi connectivity index (χ4n) is 3.67. The summed E-state index contributed by atoms with van der Waals surface area (Å²) in [7, 11) is 3.03. The van der Waals surface area contributed by atoms with Gasteiger partial charge in [-0.25, -0.2) is 0 Å². The summed E-state index contributed by atoms with van der Waals surface area (Å²) < 4.78 is 59.5. The number of pyridine rings is 1. The van der Waals surface area contributed by atoms with Crippen LogP contribution in [0.1, 0.15) is 43.1 Å². The number of rotatable bonds is 8. The Balaban J connectivity index is 2.20. The average molecular weight is 468 g/mol. The first kappa shape index (κ1) is 24.6. The Morgan fingerprint density at radius 3 is 2.36 bits per heavy atom. The maximum atomic E-state index is 14.0. The largest absolute Gasteiger partial charge is 0.493 e. The molecule has 0 fully saturated rings. The molecule has 2 heterocycles. The van der Waals surface area contributed by atoms with Gasteiger partial charge >= 0.3 is 6.18 Å². The van der Waals surface area contributed by atoms with Gasteiger partial charge in [0.15, 0.2) is 22.7 Å². The van der Waals surface area contributed by atoms with E-state index >= 15 is 0 Å². The number of hydrogen-bond donors (Lipinski definition) is 0. The molecule has 0 amide bonds. The molecule has 33 heavy (non-hydrogen) atoms. The highest BCUT2D eigenvalue weighted by Crippen LogP contribution is 2.43. The number of ketones is 1. The van der Waals surface area contributed by atoms with Crippen molar-refractivity contribution in [2.75, 3.05) is 32.4 Å². The number of nitrogens with zero attached hydrogens (tertiary/aromatic N) is 2. The molecule has 0 spiro atoms. The summed E-state index contributed by atoms with van der Waals surface area (Å²) >= 11 is 0. The minimum Gasteiger partial charge on any atom is -0.493 e. The molecular weight excluding hydrogens is 441 g/mol. The highest BCUT2D eigenvalue weighted by Gasteiger charge is 2.53. The molecule has 0 aliphatic carbocycles. The number of benzene rings is 1. The number of carbonyl (C=O) groups excluding carboxylic acids is 1. The van der Waals surface area contributed by atoms with Gasteiger partial charge in [-0.2, -0.15) is 13.2 Å². The number of aromatic nitrogens is 1. The van der Waals surface area contributed by atoms with Gasteiger partial charge in [0.1, 0.15) is 5.54 Å². The maximum Gasteiger partial charge on any atom is 0.412 e. The zero-order chi connectivity index (χ0) is 24.6. The summed E-state index contributed by atoms with van der Waals surface area (Å²) in [5, 5.41) is 1.09. The number of methoxy groups -OCH3 is 2. The van der Waals surface area contributed by atoms with Crippen LogP contribution >= 0.6 is 0 Å². The Bertz CT molecular complexity index is 1110. The van der Waals surface area contributed by atoms with Gasteiger partial charge in [-0.1, -0.05) is 0 Å². The number of alkyl halides is 3. The average Bonchev–Trinajstić information content (AvgIpc) is 2.74. The molecule has 1 aliphatic rings. The van der Waals surface area contributed by atoms with E-state index in [1.54, 1.807) is 19.2 Å². The highest BCUT2D eigenvalue weighted by atomic mass is 19.4. The normalized spacial score (nSPS) is 13.4. The number of carbonyl (C=O) groups is 1. The number of Topliss-reactive ketones (excluding diaryl/α,β-unsaturated/α-hetero) is 1. The van der Waals surface area contributed by atoms with Crippen LogP contribution < -0.4 is 19.9 Å². The zero-order valence-electron chi connectivity index (χ0n) is 19.2. The molecule has 10 heteroatoms. The van der Waals surface area contributed by atoms with E-state index in [0.29, 0.717) is 42.3 Å². The van der Waals surface area contributed by atoms with E-state index in [-0.39, 0.29) is 17.8 Å². The van der Waals surface area contributed by atoms with E-state index in [2.05, 4.69) is 0 Å². The van der Waals surface area contributed by atoms with Crippen LogP contribution in [0.4, 0.5) is 13.2 Å². The molecule has 0 radical (unpaired) electrons.